The Morgan fingerprint density at radius 2 is 2.44 bits per heavy atom. The van der Waals surface area contributed by atoms with Gasteiger partial charge in [0.15, 0.2) is 0 Å². The van der Waals surface area contributed by atoms with Crippen molar-refractivity contribution in [2.45, 2.75) is 12.5 Å². The maximum absolute atomic E-state index is 4.14. The molecule has 1 saturated heterocycles. The molecule has 0 aromatic carbocycles. The highest BCUT2D eigenvalue weighted by Crippen LogP contribution is 2.20. The third-order valence-electron chi connectivity index (χ3n) is 2.11. The molecule has 2 aliphatic heterocycles. The largest absolute Gasteiger partial charge is 0.316 e. The molecule has 2 aliphatic rings. The van der Waals surface area contributed by atoms with E-state index in [-0.39, 0.29) is 0 Å². The Bertz CT molecular complexity index is 132. The fourth-order valence-electron chi connectivity index (χ4n) is 1.50. The zero-order valence-corrected chi connectivity index (χ0v) is 5.38. The molecule has 2 rings (SSSR count). The maximum Gasteiger partial charge on any atom is 0.0778 e. The smallest absolute Gasteiger partial charge is 0.0778 e. The number of rotatable bonds is 0. The molecule has 1 N–H and O–H groups in total. The number of fused-ring (bicyclic) bond motifs is 1. The van der Waals surface area contributed by atoms with Gasteiger partial charge in [0.05, 0.1) is 12.6 Å². The maximum atomic E-state index is 4.14. The van der Waals surface area contributed by atoms with E-state index in [1.807, 2.05) is 0 Å². The lowest BCUT2D eigenvalue weighted by Gasteiger charge is -2.22. The molecule has 2 heterocycles. The standard InChI is InChI=1S/C6H11N3/c1-2-7-3-5-4-8-9-6(1)5/h5-7H,1-4H2. The zero-order valence-electron chi connectivity index (χ0n) is 5.38. The summed E-state index contributed by atoms with van der Waals surface area (Å²) in [5.74, 6) is 0.721. The average molecular weight is 125 g/mol. The summed E-state index contributed by atoms with van der Waals surface area (Å²) in [6.07, 6.45) is 1.19. The quantitative estimate of drug-likeness (QED) is 0.501. The average Bonchev–Trinajstić information content (AvgIpc) is 2.33. The van der Waals surface area contributed by atoms with E-state index in [0.717, 1.165) is 25.6 Å². The van der Waals surface area contributed by atoms with Crippen LogP contribution in [0.3, 0.4) is 0 Å². The summed E-state index contributed by atoms with van der Waals surface area (Å²) in [4.78, 5) is 0. The lowest BCUT2D eigenvalue weighted by Crippen LogP contribution is -2.38. The van der Waals surface area contributed by atoms with Gasteiger partial charge in [-0.2, -0.15) is 10.2 Å². The summed E-state index contributed by atoms with van der Waals surface area (Å²) in [6.45, 7) is 3.20. The molecular weight excluding hydrogens is 114 g/mol. The molecule has 1 fully saturated rings. The van der Waals surface area contributed by atoms with Crippen LogP contribution in [0.5, 0.6) is 0 Å². The number of azo groups is 1. The Kier molecular flexibility index (Phi) is 1.23. The van der Waals surface area contributed by atoms with Gasteiger partial charge in [-0.1, -0.05) is 0 Å². The molecule has 0 radical (unpaired) electrons. The lowest BCUT2D eigenvalue weighted by atomic mass is 9.96. The first-order valence-corrected chi connectivity index (χ1v) is 3.54. The molecular formula is C6H11N3. The summed E-state index contributed by atoms with van der Waals surface area (Å²) in [5.41, 5.74) is 0. The van der Waals surface area contributed by atoms with Gasteiger partial charge < -0.3 is 5.32 Å². The first-order valence-electron chi connectivity index (χ1n) is 3.54. The third kappa shape index (κ3) is 0.852. The number of hydrogen-bond acceptors (Lipinski definition) is 3. The Labute approximate surface area is 54.5 Å². The van der Waals surface area contributed by atoms with Crippen LogP contribution in [0.1, 0.15) is 6.42 Å². The topological polar surface area (TPSA) is 36.8 Å². The van der Waals surface area contributed by atoms with Crippen molar-refractivity contribution in [1.82, 2.24) is 5.32 Å². The molecule has 0 spiro atoms. The van der Waals surface area contributed by atoms with Gasteiger partial charge in [-0.25, -0.2) is 0 Å². The Morgan fingerprint density at radius 1 is 1.44 bits per heavy atom. The third-order valence-corrected chi connectivity index (χ3v) is 2.11. The molecule has 0 amide bonds. The molecule has 2 unspecified atom stereocenters. The monoisotopic (exact) mass is 125 g/mol. The molecule has 0 aromatic rings. The minimum absolute atomic E-state index is 0.561. The van der Waals surface area contributed by atoms with Crippen molar-refractivity contribution in [3.63, 3.8) is 0 Å². The second-order valence-electron chi connectivity index (χ2n) is 2.76. The minimum Gasteiger partial charge on any atom is -0.316 e. The van der Waals surface area contributed by atoms with E-state index in [2.05, 4.69) is 15.5 Å². The van der Waals surface area contributed by atoms with Gasteiger partial charge in [-0.05, 0) is 13.0 Å². The molecule has 3 nitrogen and oxygen atoms in total. The van der Waals surface area contributed by atoms with E-state index in [4.69, 9.17) is 0 Å². The van der Waals surface area contributed by atoms with Gasteiger partial charge in [0.25, 0.3) is 0 Å². The van der Waals surface area contributed by atoms with Crippen LogP contribution < -0.4 is 5.32 Å². The van der Waals surface area contributed by atoms with E-state index in [1.165, 1.54) is 6.42 Å². The van der Waals surface area contributed by atoms with Crippen molar-refractivity contribution in [3.05, 3.63) is 0 Å². The molecule has 9 heavy (non-hydrogen) atoms. The predicted molar refractivity (Wildman–Crippen MR) is 34.5 cm³/mol. The summed E-state index contributed by atoms with van der Waals surface area (Å²) in [5, 5.41) is 11.5. The van der Waals surface area contributed by atoms with Crippen molar-refractivity contribution in [3.8, 4) is 0 Å². The van der Waals surface area contributed by atoms with Crippen molar-refractivity contribution in [2.75, 3.05) is 19.6 Å². The number of nitrogens with zero attached hydrogens (tertiary/aromatic N) is 2. The van der Waals surface area contributed by atoms with Gasteiger partial charge in [0.1, 0.15) is 0 Å². The van der Waals surface area contributed by atoms with Crippen LogP contribution in [-0.4, -0.2) is 25.7 Å². The Morgan fingerprint density at radius 3 is 3.33 bits per heavy atom. The second kappa shape index (κ2) is 2.06. The van der Waals surface area contributed by atoms with Gasteiger partial charge in [-0.15, -0.1) is 0 Å². The molecule has 0 aliphatic carbocycles. The van der Waals surface area contributed by atoms with Crippen LogP contribution in [0.25, 0.3) is 0 Å². The van der Waals surface area contributed by atoms with Crippen molar-refractivity contribution in [2.24, 2.45) is 16.1 Å². The van der Waals surface area contributed by atoms with Crippen LogP contribution in [0, 0.1) is 5.92 Å². The van der Waals surface area contributed by atoms with E-state index in [1.54, 1.807) is 0 Å². The number of nitrogens with one attached hydrogen (secondary N) is 1. The number of hydrogen-bond donors (Lipinski definition) is 1. The summed E-state index contributed by atoms with van der Waals surface area (Å²) >= 11 is 0. The van der Waals surface area contributed by atoms with E-state index in [9.17, 15) is 0 Å². The Balaban J connectivity index is 2.03. The number of piperidine rings is 1. The normalized spacial score (nSPS) is 40.9. The van der Waals surface area contributed by atoms with Crippen molar-refractivity contribution in [1.29, 1.82) is 0 Å². The highest BCUT2D eigenvalue weighted by Gasteiger charge is 2.27. The molecule has 0 bridgehead atoms. The fourth-order valence-corrected chi connectivity index (χ4v) is 1.50. The van der Waals surface area contributed by atoms with Gasteiger partial charge in [-0.3, -0.25) is 0 Å². The summed E-state index contributed by atoms with van der Waals surface area (Å²) in [6, 6.07) is 0.561. The van der Waals surface area contributed by atoms with Crippen molar-refractivity contribution >= 4 is 0 Å². The first kappa shape index (κ1) is 5.35. The van der Waals surface area contributed by atoms with Crippen LogP contribution in [-0.2, 0) is 0 Å². The zero-order chi connectivity index (χ0) is 6.10. The highest BCUT2D eigenvalue weighted by molar-refractivity contribution is 4.86. The van der Waals surface area contributed by atoms with E-state index >= 15 is 0 Å². The van der Waals surface area contributed by atoms with Gasteiger partial charge in [0, 0.05) is 12.5 Å². The van der Waals surface area contributed by atoms with Crippen molar-refractivity contribution < 1.29 is 0 Å². The molecule has 0 aromatic heterocycles. The van der Waals surface area contributed by atoms with Gasteiger partial charge >= 0.3 is 0 Å². The Hall–Kier alpha value is -0.440. The highest BCUT2D eigenvalue weighted by atomic mass is 15.2. The van der Waals surface area contributed by atoms with Crippen LogP contribution in [0.15, 0.2) is 10.2 Å². The lowest BCUT2D eigenvalue weighted by molar-refractivity contribution is 0.368. The second-order valence-corrected chi connectivity index (χ2v) is 2.76. The SMILES string of the molecule is C1CC2N=NCC2CN1. The summed E-state index contributed by atoms with van der Waals surface area (Å²) in [7, 11) is 0. The predicted octanol–water partition coefficient (Wildman–Crippen LogP) is 0.430. The van der Waals surface area contributed by atoms with Crippen LogP contribution in [0.4, 0.5) is 0 Å². The minimum atomic E-state index is 0.561. The van der Waals surface area contributed by atoms with E-state index < -0.39 is 0 Å². The summed E-state index contributed by atoms with van der Waals surface area (Å²) < 4.78 is 0. The molecule has 3 heteroatoms. The van der Waals surface area contributed by atoms with Gasteiger partial charge in [0.2, 0.25) is 0 Å². The molecule has 2 atom stereocenters. The van der Waals surface area contributed by atoms with Crippen LogP contribution in [0.2, 0.25) is 0 Å². The first-order chi connectivity index (χ1) is 4.47. The molecule has 50 valence electrons. The molecule has 0 saturated carbocycles. The van der Waals surface area contributed by atoms with E-state index in [0.29, 0.717) is 6.04 Å². The fraction of sp³-hybridized carbons (Fsp3) is 1.00. The van der Waals surface area contributed by atoms with Crippen LogP contribution >= 0.6 is 0 Å².